The largest absolute Gasteiger partial charge is 0.411 e. The molecule has 2 aromatic heterocycles. The molecule has 0 amide bonds. The van der Waals surface area contributed by atoms with E-state index >= 15 is 0 Å². The first-order valence-electron chi connectivity index (χ1n) is 7.94. The Morgan fingerprint density at radius 3 is 2.76 bits per heavy atom. The maximum atomic E-state index is 8.89. The second kappa shape index (κ2) is 6.20. The number of imidazole rings is 1. The third kappa shape index (κ3) is 2.76. The summed E-state index contributed by atoms with van der Waals surface area (Å²) in [4.78, 5) is 8.85. The van der Waals surface area contributed by atoms with E-state index < -0.39 is 0 Å². The molecule has 122 valence electrons. The molecule has 1 N–H and O–H groups in total. The second-order valence-corrected chi connectivity index (χ2v) is 5.79. The molecular formula is C20H16N4O. The number of oxime groups is 1. The van der Waals surface area contributed by atoms with Crippen molar-refractivity contribution >= 4 is 12.0 Å². The average Bonchev–Trinajstić information content (AvgIpc) is 3.05. The van der Waals surface area contributed by atoms with Gasteiger partial charge in [-0.3, -0.25) is 4.40 Å². The number of nitrogens with zero attached hydrogens (tertiary/aromatic N) is 4. The van der Waals surface area contributed by atoms with Gasteiger partial charge in [0.1, 0.15) is 0 Å². The molecule has 2 heterocycles. The molecule has 5 nitrogen and oxygen atoms in total. The lowest BCUT2D eigenvalue weighted by atomic mass is 9.98. The van der Waals surface area contributed by atoms with Crippen molar-refractivity contribution in [2.75, 3.05) is 0 Å². The van der Waals surface area contributed by atoms with Crippen molar-refractivity contribution in [3.05, 3.63) is 78.2 Å². The fourth-order valence-electron chi connectivity index (χ4n) is 2.95. The Labute approximate surface area is 144 Å². The normalized spacial score (nSPS) is 11.4. The quantitative estimate of drug-likeness (QED) is 0.349. The van der Waals surface area contributed by atoms with Crippen LogP contribution in [-0.2, 0) is 0 Å². The van der Waals surface area contributed by atoms with E-state index in [0.29, 0.717) is 5.78 Å². The molecule has 5 heteroatoms. The summed E-state index contributed by atoms with van der Waals surface area (Å²) >= 11 is 0. The second-order valence-electron chi connectivity index (χ2n) is 5.79. The van der Waals surface area contributed by atoms with Crippen molar-refractivity contribution in [2.45, 2.75) is 6.92 Å². The van der Waals surface area contributed by atoms with E-state index in [1.165, 1.54) is 6.21 Å². The zero-order chi connectivity index (χ0) is 17.2. The highest BCUT2D eigenvalue weighted by Crippen LogP contribution is 2.28. The third-order valence-electron chi connectivity index (χ3n) is 4.15. The first-order valence-corrected chi connectivity index (χ1v) is 7.94. The van der Waals surface area contributed by atoms with Crippen LogP contribution in [0.25, 0.3) is 28.2 Å². The molecule has 0 aliphatic heterocycles. The van der Waals surface area contributed by atoms with Crippen LogP contribution in [0.5, 0.6) is 0 Å². The van der Waals surface area contributed by atoms with Crippen molar-refractivity contribution in [2.24, 2.45) is 5.16 Å². The van der Waals surface area contributed by atoms with E-state index in [4.69, 9.17) is 5.21 Å². The van der Waals surface area contributed by atoms with E-state index in [1.807, 2.05) is 66.2 Å². The number of rotatable bonds is 3. The maximum absolute atomic E-state index is 8.89. The zero-order valence-corrected chi connectivity index (χ0v) is 13.7. The molecule has 25 heavy (non-hydrogen) atoms. The number of hydrogen-bond donors (Lipinski definition) is 1. The molecule has 0 saturated carbocycles. The SMILES string of the molecule is Cc1ccn2c(-c3cccc(-c4ccccc4/C=N/O)c3)cnc2n1. The van der Waals surface area contributed by atoms with Crippen LogP contribution in [0, 0.1) is 6.92 Å². The summed E-state index contributed by atoms with van der Waals surface area (Å²) in [5, 5.41) is 12.1. The number of hydrogen-bond acceptors (Lipinski definition) is 4. The van der Waals surface area contributed by atoms with E-state index in [-0.39, 0.29) is 0 Å². The Morgan fingerprint density at radius 1 is 1.04 bits per heavy atom. The standard InChI is InChI=1S/C20H16N4O/c1-14-9-10-24-19(13-21-20(24)23-14)16-7-4-6-15(11-16)18-8-3-2-5-17(18)12-22-25/h2-13,25H,1H3/b22-12+. The highest BCUT2D eigenvalue weighted by atomic mass is 16.4. The number of benzene rings is 2. The predicted molar refractivity (Wildman–Crippen MR) is 98.0 cm³/mol. The monoisotopic (exact) mass is 328 g/mol. The summed E-state index contributed by atoms with van der Waals surface area (Å²) in [5.41, 5.74) is 5.88. The van der Waals surface area contributed by atoms with Gasteiger partial charge in [0, 0.05) is 23.0 Å². The van der Waals surface area contributed by atoms with Crippen LogP contribution in [0.3, 0.4) is 0 Å². The van der Waals surface area contributed by atoms with Crippen LogP contribution in [0.15, 0.2) is 72.1 Å². The first kappa shape index (κ1) is 15.1. The van der Waals surface area contributed by atoms with Crippen LogP contribution >= 0.6 is 0 Å². The van der Waals surface area contributed by atoms with Gasteiger partial charge in [0.25, 0.3) is 0 Å². The van der Waals surface area contributed by atoms with Gasteiger partial charge in [-0.25, -0.2) is 9.97 Å². The summed E-state index contributed by atoms with van der Waals surface area (Å²) in [7, 11) is 0. The Bertz CT molecular complexity index is 1080. The fourth-order valence-corrected chi connectivity index (χ4v) is 2.95. The highest BCUT2D eigenvalue weighted by Gasteiger charge is 2.09. The minimum atomic E-state index is 0.688. The van der Waals surface area contributed by atoms with Gasteiger partial charge in [-0.15, -0.1) is 0 Å². The van der Waals surface area contributed by atoms with E-state index in [2.05, 4.69) is 27.3 Å². The topological polar surface area (TPSA) is 62.8 Å². The lowest BCUT2D eigenvalue weighted by Crippen LogP contribution is -1.93. The van der Waals surface area contributed by atoms with E-state index in [0.717, 1.165) is 33.6 Å². The molecule has 0 saturated heterocycles. The van der Waals surface area contributed by atoms with Gasteiger partial charge in [0.2, 0.25) is 5.78 Å². The summed E-state index contributed by atoms with van der Waals surface area (Å²) < 4.78 is 1.98. The lowest BCUT2D eigenvalue weighted by Gasteiger charge is -2.08. The Morgan fingerprint density at radius 2 is 1.88 bits per heavy atom. The summed E-state index contributed by atoms with van der Waals surface area (Å²) in [5.74, 6) is 0.688. The molecule has 4 rings (SSSR count). The Kier molecular flexibility index (Phi) is 3.74. The van der Waals surface area contributed by atoms with Crippen LogP contribution in [-0.4, -0.2) is 25.8 Å². The fraction of sp³-hybridized carbons (Fsp3) is 0.0500. The molecule has 0 aliphatic rings. The van der Waals surface area contributed by atoms with Crippen molar-refractivity contribution in [1.82, 2.24) is 14.4 Å². The molecule has 0 fully saturated rings. The predicted octanol–water partition coefficient (Wildman–Crippen LogP) is 4.18. The molecular weight excluding hydrogens is 312 g/mol. The van der Waals surface area contributed by atoms with Crippen LogP contribution < -0.4 is 0 Å². The lowest BCUT2D eigenvalue weighted by molar-refractivity contribution is 0.322. The van der Waals surface area contributed by atoms with Crippen molar-refractivity contribution in [3.8, 4) is 22.4 Å². The van der Waals surface area contributed by atoms with Crippen LogP contribution in [0.1, 0.15) is 11.3 Å². The number of aryl methyl sites for hydroxylation is 1. The van der Waals surface area contributed by atoms with Crippen molar-refractivity contribution in [3.63, 3.8) is 0 Å². The zero-order valence-electron chi connectivity index (χ0n) is 13.7. The van der Waals surface area contributed by atoms with E-state index in [1.54, 1.807) is 0 Å². The molecule has 0 bridgehead atoms. The summed E-state index contributed by atoms with van der Waals surface area (Å²) in [6.45, 7) is 1.95. The van der Waals surface area contributed by atoms with Crippen molar-refractivity contribution in [1.29, 1.82) is 0 Å². The third-order valence-corrected chi connectivity index (χ3v) is 4.15. The smallest absolute Gasteiger partial charge is 0.234 e. The van der Waals surface area contributed by atoms with Gasteiger partial charge in [-0.2, -0.15) is 0 Å². The Balaban J connectivity index is 1.85. The minimum Gasteiger partial charge on any atom is -0.411 e. The maximum Gasteiger partial charge on any atom is 0.234 e. The Hall–Kier alpha value is -3.47. The average molecular weight is 328 g/mol. The molecule has 0 aliphatic carbocycles. The molecule has 0 atom stereocenters. The van der Waals surface area contributed by atoms with Gasteiger partial charge in [-0.05, 0) is 30.2 Å². The van der Waals surface area contributed by atoms with E-state index in [9.17, 15) is 0 Å². The summed E-state index contributed by atoms with van der Waals surface area (Å²) in [6, 6.07) is 18.0. The van der Waals surface area contributed by atoms with Gasteiger partial charge < -0.3 is 5.21 Å². The molecule has 0 spiro atoms. The molecule has 4 aromatic rings. The highest BCUT2D eigenvalue weighted by molar-refractivity contribution is 5.90. The molecule has 2 aromatic carbocycles. The van der Waals surface area contributed by atoms with Crippen LogP contribution in [0.4, 0.5) is 0 Å². The van der Waals surface area contributed by atoms with Gasteiger partial charge in [-0.1, -0.05) is 47.6 Å². The van der Waals surface area contributed by atoms with Gasteiger partial charge in [0.15, 0.2) is 0 Å². The first-order chi connectivity index (χ1) is 12.3. The van der Waals surface area contributed by atoms with Gasteiger partial charge >= 0.3 is 0 Å². The molecule has 0 radical (unpaired) electrons. The number of aromatic nitrogens is 3. The molecule has 0 unspecified atom stereocenters. The number of fused-ring (bicyclic) bond motifs is 1. The minimum absolute atomic E-state index is 0.688. The van der Waals surface area contributed by atoms with Crippen LogP contribution in [0.2, 0.25) is 0 Å². The van der Waals surface area contributed by atoms with Gasteiger partial charge in [0.05, 0.1) is 18.1 Å². The van der Waals surface area contributed by atoms with Crippen molar-refractivity contribution < 1.29 is 5.21 Å². The summed E-state index contributed by atoms with van der Waals surface area (Å²) in [6.07, 6.45) is 5.27.